The van der Waals surface area contributed by atoms with Crippen LogP contribution in [0.25, 0.3) is 0 Å². The summed E-state index contributed by atoms with van der Waals surface area (Å²) >= 11 is 5.82. The van der Waals surface area contributed by atoms with Crippen molar-refractivity contribution in [3.63, 3.8) is 0 Å². The van der Waals surface area contributed by atoms with Gasteiger partial charge in [0.05, 0.1) is 4.92 Å². The first-order valence-electron chi connectivity index (χ1n) is 5.10. The van der Waals surface area contributed by atoms with Crippen LogP contribution in [0.5, 0.6) is 0 Å². The minimum Gasteiger partial charge on any atom is -0.327 e. The molecule has 4 nitrogen and oxygen atoms in total. The highest BCUT2D eigenvalue weighted by atomic mass is 35.5. The van der Waals surface area contributed by atoms with E-state index < -0.39 is 4.92 Å². The summed E-state index contributed by atoms with van der Waals surface area (Å²) in [7, 11) is 0. The van der Waals surface area contributed by atoms with Gasteiger partial charge in [-0.15, -0.1) is 0 Å². The Morgan fingerprint density at radius 1 is 1.50 bits per heavy atom. The summed E-state index contributed by atoms with van der Waals surface area (Å²) in [5, 5.41) is 11.3. The van der Waals surface area contributed by atoms with Crippen LogP contribution in [0.2, 0.25) is 5.02 Å². The first kappa shape index (κ1) is 12.9. The number of rotatable bonds is 4. The van der Waals surface area contributed by atoms with Gasteiger partial charge in [0.25, 0.3) is 5.69 Å². The molecule has 0 bridgehead atoms. The summed E-state index contributed by atoms with van der Waals surface area (Å²) in [4.78, 5) is 10.4. The predicted molar refractivity (Wildman–Crippen MR) is 64.6 cm³/mol. The van der Waals surface area contributed by atoms with E-state index in [-0.39, 0.29) is 17.6 Å². The normalized spacial score (nSPS) is 12.8. The highest BCUT2D eigenvalue weighted by Gasteiger charge is 2.17. The Bertz CT molecular complexity index is 394. The summed E-state index contributed by atoms with van der Waals surface area (Å²) in [6.45, 7) is 3.97. The van der Waals surface area contributed by atoms with Crippen LogP contribution in [0.3, 0.4) is 0 Å². The van der Waals surface area contributed by atoms with Crippen molar-refractivity contribution in [1.82, 2.24) is 0 Å². The molecule has 0 spiro atoms. The van der Waals surface area contributed by atoms with Crippen molar-refractivity contribution in [3.8, 4) is 0 Å². The van der Waals surface area contributed by atoms with E-state index in [9.17, 15) is 10.1 Å². The molecule has 0 aliphatic carbocycles. The Hall–Kier alpha value is -1.13. The maximum absolute atomic E-state index is 10.8. The van der Waals surface area contributed by atoms with Gasteiger partial charge in [0.15, 0.2) is 0 Å². The number of hydrogen-bond acceptors (Lipinski definition) is 3. The van der Waals surface area contributed by atoms with Gasteiger partial charge in [-0.1, -0.05) is 25.4 Å². The molecule has 5 heteroatoms. The second-order valence-corrected chi connectivity index (χ2v) is 4.58. The van der Waals surface area contributed by atoms with Crippen molar-refractivity contribution in [2.24, 2.45) is 11.7 Å². The molecule has 0 aromatic heterocycles. The molecule has 1 atom stereocenters. The smallest absolute Gasteiger partial charge is 0.272 e. The van der Waals surface area contributed by atoms with Gasteiger partial charge >= 0.3 is 0 Å². The highest BCUT2D eigenvalue weighted by molar-refractivity contribution is 6.30. The van der Waals surface area contributed by atoms with Crippen LogP contribution < -0.4 is 5.73 Å². The van der Waals surface area contributed by atoms with Gasteiger partial charge in [0.2, 0.25) is 0 Å². The molecule has 0 aliphatic rings. The van der Waals surface area contributed by atoms with Gasteiger partial charge < -0.3 is 5.73 Å². The van der Waals surface area contributed by atoms with Gasteiger partial charge in [-0.3, -0.25) is 10.1 Å². The standard InChI is InChI=1S/C11H15ClN2O2/c1-7(2)10(13)6-8-5-9(12)3-4-11(8)14(15)16/h3-5,7,10H,6,13H2,1-2H3. The number of nitrogens with zero attached hydrogens (tertiary/aromatic N) is 1. The Morgan fingerprint density at radius 2 is 2.12 bits per heavy atom. The first-order valence-corrected chi connectivity index (χ1v) is 5.48. The molecule has 1 aromatic rings. The third kappa shape index (κ3) is 3.18. The summed E-state index contributed by atoms with van der Waals surface area (Å²) in [6.07, 6.45) is 0.467. The molecule has 0 saturated heterocycles. The molecule has 1 unspecified atom stereocenters. The van der Waals surface area contributed by atoms with Crippen molar-refractivity contribution in [2.45, 2.75) is 26.3 Å². The van der Waals surface area contributed by atoms with Crippen molar-refractivity contribution in [1.29, 1.82) is 0 Å². The van der Waals surface area contributed by atoms with Crippen molar-refractivity contribution in [3.05, 3.63) is 38.9 Å². The number of halogens is 1. The fraction of sp³-hybridized carbons (Fsp3) is 0.455. The molecule has 0 heterocycles. The lowest BCUT2D eigenvalue weighted by Gasteiger charge is -2.15. The maximum Gasteiger partial charge on any atom is 0.272 e. The van der Waals surface area contributed by atoms with Crippen LogP contribution in [0, 0.1) is 16.0 Å². The molecule has 0 aliphatic heterocycles. The lowest BCUT2D eigenvalue weighted by Crippen LogP contribution is -2.29. The molecule has 1 aromatic carbocycles. The molecular formula is C11H15ClN2O2. The van der Waals surface area contributed by atoms with E-state index in [1.54, 1.807) is 6.07 Å². The zero-order chi connectivity index (χ0) is 12.3. The topological polar surface area (TPSA) is 69.2 Å². The Kier molecular flexibility index (Phi) is 4.26. The Balaban J connectivity index is 3.01. The molecule has 0 radical (unpaired) electrons. The Labute approximate surface area is 99.6 Å². The van der Waals surface area contributed by atoms with Crippen LogP contribution in [0.1, 0.15) is 19.4 Å². The molecule has 0 fully saturated rings. The number of nitro benzene ring substituents is 1. The molecule has 16 heavy (non-hydrogen) atoms. The minimum atomic E-state index is -0.404. The van der Waals surface area contributed by atoms with E-state index in [0.717, 1.165) is 0 Å². The summed E-state index contributed by atoms with van der Waals surface area (Å²) in [5.74, 6) is 0.276. The van der Waals surface area contributed by atoms with E-state index >= 15 is 0 Å². The SMILES string of the molecule is CC(C)C(N)Cc1cc(Cl)ccc1[N+](=O)[O-]. The van der Waals surface area contributed by atoms with Crippen LogP contribution in [-0.2, 0) is 6.42 Å². The van der Waals surface area contributed by atoms with E-state index in [1.165, 1.54) is 12.1 Å². The van der Waals surface area contributed by atoms with Gasteiger partial charge in [0.1, 0.15) is 0 Å². The number of nitrogens with two attached hydrogens (primary N) is 1. The summed E-state index contributed by atoms with van der Waals surface area (Å²) in [5.41, 5.74) is 6.58. The monoisotopic (exact) mass is 242 g/mol. The molecule has 0 amide bonds. The fourth-order valence-corrected chi connectivity index (χ4v) is 1.58. The second-order valence-electron chi connectivity index (χ2n) is 4.14. The largest absolute Gasteiger partial charge is 0.327 e. The van der Waals surface area contributed by atoms with E-state index in [2.05, 4.69) is 0 Å². The van der Waals surface area contributed by atoms with Gasteiger partial charge in [0, 0.05) is 22.7 Å². The minimum absolute atomic E-state index is 0.0838. The van der Waals surface area contributed by atoms with Crippen molar-refractivity contribution >= 4 is 17.3 Å². The van der Waals surface area contributed by atoms with Gasteiger partial charge in [-0.25, -0.2) is 0 Å². The summed E-state index contributed by atoms with van der Waals surface area (Å²) < 4.78 is 0. The zero-order valence-electron chi connectivity index (χ0n) is 9.31. The molecule has 2 N–H and O–H groups in total. The lowest BCUT2D eigenvalue weighted by atomic mass is 9.96. The van der Waals surface area contributed by atoms with Gasteiger partial charge in [-0.2, -0.15) is 0 Å². The lowest BCUT2D eigenvalue weighted by molar-refractivity contribution is -0.385. The molecular weight excluding hydrogens is 228 g/mol. The predicted octanol–water partition coefficient (Wildman–Crippen LogP) is 2.77. The number of nitro groups is 1. The van der Waals surface area contributed by atoms with Crippen LogP contribution >= 0.6 is 11.6 Å². The first-order chi connectivity index (χ1) is 7.41. The summed E-state index contributed by atoms with van der Waals surface area (Å²) in [6, 6.07) is 4.45. The van der Waals surface area contributed by atoms with Crippen LogP contribution in [0.4, 0.5) is 5.69 Å². The average molecular weight is 243 g/mol. The van der Waals surface area contributed by atoms with Gasteiger partial charge in [-0.05, 0) is 24.5 Å². The van der Waals surface area contributed by atoms with E-state index in [4.69, 9.17) is 17.3 Å². The van der Waals surface area contributed by atoms with E-state index in [1.807, 2.05) is 13.8 Å². The fourth-order valence-electron chi connectivity index (χ4n) is 1.39. The van der Waals surface area contributed by atoms with Crippen molar-refractivity contribution < 1.29 is 4.92 Å². The average Bonchev–Trinajstić information content (AvgIpc) is 2.16. The zero-order valence-corrected chi connectivity index (χ0v) is 10.1. The molecule has 1 rings (SSSR count). The second kappa shape index (κ2) is 5.27. The maximum atomic E-state index is 10.8. The van der Waals surface area contributed by atoms with Crippen LogP contribution in [0.15, 0.2) is 18.2 Å². The number of hydrogen-bond donors (Lipinski definition) is 1. The quantitative estimate of drug-likeness (QED) is 0.652. The Morgan fingerprint density at radius 3 is 2.62 bits per heavy atom. The van der Waals surface area contributed by atoms with Crippen LogP contribution in [-0.4, -0.2) is 11.0 Å². The highest BCUT2D eigenvalue weighted by Crippen LogP contribution is 2.24. The van der Waals surface area contributed by atoms with Crippen molar-refractivity contribution in [2.75, 3.05) is 0 Å². The molecule has 0 saturated carbocycles. The number of benzene rings is 1. The third-order valence-corrected chi connectivity index (χ3v) is 2.79. The molecule has 88 valence electrons. The third-order valence-electron chi connectivity index (χ3n) is 2.55. The van der Waals surface area contributed by atoms with E-state index in [0.29, 0.717) is 17.0 Å².